The van der Waals surface area contributed by atoms with Crippen molar-refractivity contribution in [3.63, 3.8) is 0 Å². The van der Waals surface area contributed by atoms with E-state index in [0.717, 1.165) is 11.9 Å². The molecule has 0 aliphatic carbocycles. The van der Waals surface area contributed by atoms with E-state index in [1.807, 2.05) is 0 Å². The fraction of sp³-hybridized carbons (Fsp3) is 0.400. The second-order valence-electron chi connectivity index (χ2n) is 1.58. The van der Waals surface area contributed by atoms with Crippen LogP contribution in [0.3, 0.4) is 0 Å². The first kappa shape index (κ1) is 8.06. The average molecular weight is 173 g/mol. The third-order valence-corrected chi connectivity index (χ3v) is 1.48. The van der Waals surface area contributed by atoms with Crippen LogP contribution in [-0.4, -0.2) is 26.3 Å². The molecule has 5 nitrogen and oxygen atoms in total. The van der Waals surface area contributed by atoms with Crippen LogP contribution in [0.5, 0.6) is 0 Å². The van der Waals surface area contributed by atoms with Crippen LogP contribution < -0.4 is 0 Å². The zero-order valence-electron chi connectivity index (χ0n) is 5.93. The Hall–Kier alpha value is -1.04. The Morgan fingerprint density at radius 2 is 2.64 bits per heavy atom. The fourth-order valence-electron chi connectivity index (χ4n) is 0.467. The minimum absolute atomic E-state index is 0.376. The number of nitrogens with zero attached hydrogens (tertiary/aromatic N) is 3. The van der Waals surface area contributed by atoms with E-state index in [1.165, 1.54) is 10.3 Å². The first-order valence-corrected chi connectivity index (χ1v) is 3.81. The highest BCUT2D eigenvalue weighted by Gasteiger charge is 2.03. The van der Waals surface area contributed by atoms with E-state index in [0.29, 0.717) is 6.61 Å². The molecular formula is C5H7N3O2S. The molecular weight excluding hydrogens is 166 g/mol. The van der Waals surface area contributed by atoms with Crippen LogP contribution in [0.4, 0.5) is 4.79 Å². The van der Waals surface area contributed by atoms with Gasteiger partial charge in [0.25, 0.3) is 0 Å². The lowest BCUT2D eigenvalue weighted by molar-refractivity contribution is 0.181. The normalized spacial score (nSPS) is 9.55. The predicted molar refractivity (Wildman–Crippen MR) is 40.0 cm³/mol. The van der Waals surface area contributed by atoms with E-state index in [1.54, 1.807) is 13.1 Å². The highest BCUT2D eigenvalue weighted by atomic mass is 32.2. The number of rotatable bonds is 2. The van der Waals surface area contributed by atoms with Gasteiger partial charge in [0.1, 0.15) is 0 Å². The fourth-order valence-corrected chi connectivity index (χ4v) is 0.984. The van der Waals surface area contributed by atoms with Gasteiger partial charge in [-0.2, -0.15) is 4.09 Å². The molecule has 0 spiro atoms. The molecule has 0 aliphatic rings. The molecule has 1 rings (SSSR count). The van der Waals surface area contributed by atoms with Crippen molar-refractivity contribution < 1.29 is 9.53 Å². The highest BCUT2D eigenvalue weighted by Crippen LogP contribution is 2.05. The van der Waals surface area contributed by atoms with Gasteiger partial charge in [0.15, 0.2) is 0 Å². The minimum Gasteiger partial charge on any atom is -0.457 e. The SMILES string of the molecule is CCOC(=O)Sn1ccnn1. The number of ether oxygens (including phenoxy) is 1. The van der Waals surface area contributed by atoms with E-state index in [4.69, 9.17) is 0 Å². The molecule has 1 aromatic rings. The van der Waals surface area contributed by atoms with Crippen LogP contribution in [0.25, 0.3) is 0 Å². The topological polar surface area (TPSA) is 57.0 Å². The lowest BCUT2D eigenvalue weighted by atomic mass is 10.9. The Labute approximate surface area is 67.9 Å². The maximum atomic E-state index is 10.8. The molecule has 0 unspecified atom stereocenters. The molecule has 60 valence electrons. The van der Waals surface area contributed by atoms with Crippen molar-refractivity contribution in [2.75, 3.05) is 6.61 Å². The van der Waals surface area contributed by atoms with E-state index in [9.17, 15) is 4.79 Å². The zero-order chi connectivity index (χ0) is 8.10. The molecule has 0 aromatic carbocycles. The summed E-state index contributed by atoms with van der Waals surface area (Å²) in [7, 11) is 0. The van der Waals surface area contributed by atoms with Crippen molar-refractivity contribution in [3.8, 4) is 0 Å². The molecule has 1 aromatic heterocycles. The first-order valence-electron chi connectivity index (χ1n) is 3.04. The van der Waals surface area contributed by atoms with Gasteiger partial charge in [0.05, 0.1) is 30.9 Å². The molecule has 6 heteroatoms. The Morgan fingerprint density at radius 3 is 3.18 bits per heavy atom. The Morgan fingerprint density at radius 1 is 1.82 bits per heavy atom. The van der Waals surface area contributed by atoms with Gasteiger partial charge in [-0.25, -0.2) is 4.79 Å². The van der Waals surface area contributed by atoms with Crippen LogP contribution in [-0.2, 0) is 4.74 Å². The maximum absolute atomic E-state index is 10.8. The monoisotopic (exact) mass is 173 g/mol. The smallest absolute Gasteiger partial charge is 0.390 e. The summed E-state index contributed by atoms with van der Waals surface area (Å²) >= 11 is 0.857. The van der Waals surface area contributed by atoms with Crippen LogP contribution in [0.1, 0.15) is 6.92 Å². The summed E-state index contributed by atoms with van der Waals surface area (Å²) in [5.74, 6) is 0. The second kappa shape index (κ2) is 3.97. The minimum atomic E-state index is -0.377. The summed E-state index contributed by atoms with van der Waals surface area (Å²) in [6.45, 7) is 2.13. The van der Waals surface area contributed by atoms with Crippen molar-refractivity contribution in [2.45, 2.75) is 6.92 Å². The quantitative estimate of drug-likeness (QED) is 0.623. The molecule has 0 atom stereocenters. The molecule has 0 N–H and O–H groups in total. The van der Waals surface area contributed by atoms with Crippen LogP contribution in [0.2, 0.25) is 0 Å². The van der Waals surface area contributed by atoms with Gasteiger partial charge in [-0.05, 0) is 6.92 Å². The number of carbonyl (C=O) groups is 1. The van der Waals surface area contributed by atoms with Crippen molar-refractivity contribution >= 4 is 17.2 Å². The molecule has 0 radical (unpaired) electrons. The van der Waals surface area contributed by atoms with E-state index < -0.39 is 0 Å². The molecule has 0 aliphatic heterocycles. The van der Waals surface area contributed by atoms with Gasteiger partial charge < -0.3 is 4.74 Å². The molecule has 0 saturated carbocycles. The largest absolute Gasteiger partial charge is 0.457 e. The lowest BCUT2D eigenvalue weighted by Gasteiger charge is -1.97. The van der Waals surface area contributed by atoms with Crippen LogP contribution in [0.15, 0.2) is 12.4 Å². The predicted octanol–water partition coefficient (Wildman–Crippen LogP) is 0.931. The number of aromatic nitrogens is 3. The molecule has 1 heterocycles. The van der Waals surface area contributed by atoms with E-state index in [2.05, 4.69) is 15.0 Å². The maximum Gasteiger partial charge on any atom is 0.390 e. The van der Waals surface area contributed by atoms with Gasteiger partial charge in [0, 0.05) is 0 Å². The molecule has 0 bridgehead atoms. The number of carbonyl (C=O) groups excluding carboxylic acids is 1. The molecule has 0 amide bonds. The van der Waals surface area contributed by atoms with Gasteiger partial charge in [-0.15, -0.1) is 5.10 Å². The van der Waals surface area contributed by atoms with Crippen molar-refractivity contribution in [2.24, 2.45) is 0 Å². The van der Waals surface area contributed by atoms with Crippen LogP contribution in [0, 0.1) is 0 Å². The third kappa shape index (κ3) is 2.58. The summed E-state index contributed by atoms with van der Waals surface area (Å²) in [5.41, 5.74) is 0. The number of hydrogen-bond acceptors (Lipinski definition) is 5. The summed E-state index contributed by atoms with van der Waals surface area (Å²) in [6.07, 6.45) is 3.06. The van der Waals surface area contributed by atoms with Gasteiger partial charge in [-0.1, -0.05) is 5.21 Å². The van der Waals surface area contributed by atoms with Crippen molar-refractivity contribution in [1.82, 2.24) is 14.4 Å². The van der Waals surface area contributed by atoms with Crippen molar-refractivity contribution in [3.05, 3.63) is 12.4 Å². The van der Waals surface area contributed by atoms with Crippen molar-refractivity contribution in [1.29, 1.82) is 0 Å². The Kier molecular flexibility index (Phi) is 2.91. The standard InChI is InChI=1S/C5H7N3O2S/c1-2-10-5(9)11-8-4-3-6-7-8/h3-4H,2H2,1H3. The van der Waals surface area contributed by atoms with Gasteiger partial charge >= 0.3 is 5.30 Å². The summed E-state index contributed by atoms with van der Waals surface area (Å²) in [4.78, 5) is 10.8. The number of hydrogen-bond donors (Lipinski definition) is 0. The van der Waals surface area contributed by atoms with Gasteiger partial charge in [-0.3, -0.25) is 0 Å². The molecule has 0 saturated heterocycles. The van der Waals surface area contributed by atoms with E-state index in [-0.39, 0.29) is 5.30 Å². The summed E-state index contributed by atoms with van der Waals surface area (Å²) < 4.78 is 5.98. The van der Waals surface area contributed by atoms with E-state index >= 15 is 0 Å². The highest BCUT2D eigenvalue weighted by molar-refractivity contribution is 8.11. The second-order valence-corrected chi connectivity index (χ2v) is 2.47. The molecule has 11 heavy (non-hydrogen) atoms. The van der Waals surface area contributed by atoms with Gasteiger partial charge in [0.2, 0.25) is 0 Å². The molecule has 0 fully saturated rings. The Bertz CT molecular complexity index is 224. The summed E-state index contributed by atoms with van der Waals surface area (Å²) in [5, 5.41) is 6.71. The third-order valence-electron chi connectivity index (χ3n) is 0.831. The summed E-state index contributed by atoms with van der Waals surface area (Å²) in [6, 6.07) is 0. The first-order chi connectivity index (χ1) is 5.33. The zero-order valence-corrected chi connectivity index (χ0v) is 6.74. The average Bonchev–Trinajstić information content (AvgIpc) is 2.40. The lowest BCUT2D eigenvalue weighted by Crippen LogP contribution is -2.00. The van der Waals surface area contributed by atoms with Crippen LogP contribution >= 0.6 is 11.9 Å². The Balaban J connectivity index is 2.37.